The molecule has 0 aliphatic carbocycles. The van der Waals surface area contributed by atoms with Gasteiger partial charge in [-0.15, -0.1) is 11.3 Å². The number of carbonyl (C=O) groups is 4. The van der Waals surface area contributed by atoms with E-state index in [-0.39, 0.29) is 18.3 Å². The number of hydrogen-bond acceptors (Lipinski definition) is 8. The van der Waals surface area contributed by atoms with E-state index in [1.54, 1.807) is 19.9 Å². The van der Waals surface area contributed by atoms with Crippen LogP contribution in [0.5, 0.6) is 5.75 Å². The molecule has 1 heterocycles. The van der Waals surface area contributed by atoms with Crippen molar-refractivity contribution in [2.75, 3.05) is 12.4 Å². The Morgan fingerprint density at radius 2 is 1.67 bits per heavy atom. The number of nitrogens with one attached hydrogen (secondary N) is 2. The molecule has 0 unspecified atom stereocenters. The van der Waals surface area contributed by atoms with E-state index in [0.717, 1.165) is 22.0 Å². The Kier molecular flexibility index (Phi) is 10.7. The summed E-state index contributed by atoms with van der Waals surface area (Å²) in [6, 6.07) is 20.5. The van der Waals surface area contributed by atoms with Gasteiger partial charge >= 0.3 is 5.97 Å². The molecule has 0 spiro atoms. The number of Topliss-reactive ketones (excluding diaryl/α,β-unsaturated/α-hetero) is 1. The van der Waals surface area contributed by atoms with Crippen LogP contribution in [0.1, 0.15) is 20.3 Å². The van der Waals surface area contributed by atoms with Gasteiger partial charge in [0.05, 0.1) is 23.9 Å². The number of ether oxygens (including phenoxy) is 1. The predicted octanol–water partition coefficient (Wildman–Crippen LogP) is 4.80. The SMILES string of the molecule is CC(C)[C@H](NC(=O)COc1cccc2ccccc12)C(=O)N[C@@H](CC(=O)O)C(=O)CSc1nc(-c2ccccc2)cs1. The number of carboxylic acids is 1. The summed E-state index contributed by atoms with van der Waals surface area (Å²) in [5, 5.41) is 18.3. The zero-order valence-corrected chi connectivity index (χ0v) is 24.7. The molecule has 11 heteroatoms. The first-order valence-corrected chi connectivity index (χ1v) is 15.2. The van der Waals surface area contributed by atoms with Gasteiger partial charge in [0.2, 0.25) is 5.91 Å². The minimum atomic E-state index is -1.26. The molecule has 2 amide bonds. The van der Waals surface area contributed by atoms with Gasteiger partial charge in [0.15, 0.2) is 16.7 Å². The summed E-state index contributed by atoms with van der Waals surface area (Å²) in [6.07, 6.45) is -0.582. The number of hydrogen-bond donors (Lipinski definition) is 3. The van der Waals surface area contributed by atoms with Crippen LogP contribution in [-0.2, 0) is 19.2 Å². The number of thiazole rings is 1. The van der Waals surface area contributed by atoms with Gasteiger partial charge in [0.25, 0.3) is 5.91 Å². The maximum atomic E-state index is 13.2. The van der Waals surface area contributed by atoms with Crippen molar-refractivity contribution >= 4 is 57.4 Å². The fraction of sp³-hybridized carbons (Fsp3) is 0.258. The topological polar surface area (TPSA) is 135 Å². The van der Waals surface area contributed by atoms with Crippen LogP contribution < -0.4 is 15.4 Å². The number of benzene rings is 3. The van der Waals surface area contributed by atoms with Crippen molar-refractivity contribution < 1.29 is 29.0 Å². The lowest BCUT2D eigenvalue weighted by molar-refractivity contribution is -0.140. The quantitative estimate of drug-likeness (QED) is 0.175. The molecule has 4 aromatic rings. The first-order chi connectivity index (χ1) is 20.2. The molecule has 2 atom stereocenters. The lowest BCUT2D eigenvalue weighted by atomic mass is 10.0. The molecule has 9 nitrogen and oxygen atoms in total. The van der Waals surface area contributed by atoms with Crippen molar-refractivity contribution in [3.8, 4) is 17.0 Å². The molecule has 0 radical (unpaired) electrons. The summed E-state index contributed by atoms with van der Waals surface area (Å²) in [6.45, 7) is 3.16. The molecule has 0 saturated heterocycles. The first-order valence-electron chi connectivity index (χ1n) is 13.3. The van der Waals surface area contributed by atoms with Gasteiger partial charge in [0.1, 0.15) is 11.8 Å². The van der Waals surface area contributed by atoms with E-state index in [1.165, 1.54) is 23.1 Å². The monoisotopic (exact) mass is 605 g/mol. The summed E-state index contributed by atoms with van der Waals surface area (Å²) < 4.78 is 6.39. The maximum absolute atomic E-state index is 13.2. The zero-order chi connectivity index (χ0) is 30.1. The van der Waals surface area contributed by atoms with Gasteiger partial charge in [-0.1, -0.05) is 92.3 Å². The third kappa shape index (κ3) is 8.40. The minimum absolute atomic E-state index is 0.0719. The minimum Gasteiger partial charge on any atom is -0.483 e. The number of rotatable bonds is 14. The first kappa shape index (κ1) is 30.7. The molecule has 0 aliphatic rings. The number of carbonyl (C=O) groups excluding carboxylic acids is 3. The highest BCUT2D eigenvalue weighted by Gasteiger charge is 2.30. The second-order valence-electron chi connectivity index (χ2n) is 9.83. The molecule has 42 heavy (non-hydrogen) atoms. The lowest BCUT2D eigenvalue weighted by Gasteiger charge is -2.24. The molecule has 0 aliphatic heterocycles. The number of aromatic nitrogens is 1. The number of fused-ring (bicyclic) bond motifs is 1. The summed E-state index contributed by atoms with van der Waals surface area (Å²) in [4.78, 5) is 55.0. The second kappa shape index (κ2) is 14.6. The fourth-order valence-electron chi connectivity index (χ4n) is 4.19. The number of amides is 2. The van der Waals surface area contributed by atoms with E-state index in [2.05, 4.69) is 15.6 Å². The van der Waals surface area contributed by atoms with Gasteiger partial charge in [-0.3, -0.25) is 19.2 Å². The van der Waals surface area contributed by atoms with Gasteiger partial charge in [-0.05, 0) is 17.4 Å². The summed E-state index contributed by atoms with van der Waals surface area (Å²) in [5.74, 6) is -2.73. The highest BCUT2D eigenvalue weighted by molar-refractivity contribution is 8.01. The van der Waals surface area contributed by atoms with Crippen molar-refractivity contribution in [1.82, 2.24) is 15.6 Å². The Balaban J connectivity index is 1.35. The number of nitrogens with zero attached hydrogens (tertiary/aromatic N) is 1. The summed E-state index contributed by atoms with van der Waals surface area (Å²) >= 11 is 2.57. The molecule has 0 saturated carbocycles. The van der Waals surface area contributed by atoms with Crippen LogP contribution in [0.3, 0.4) is 0 Å². The van der Waals surface area contributed by atoms with E-state index < -0.39 is 42.1 Å². The fourth-order valence-corrected chi connectivity index (χ4v) is 5.97. The third-order valence-electron chi connectivity index (χ3n) is 6.35. The van der Waals surface area contributed by atoms with E-state index in [4.69, 9.17) is 4.74 Å². The highest BCUT2D eigenvalue weighted by atomic mass is 32.2. The second-order valence-corrected chi connectivity index (χ2v) is 11.9. The van der Waals surface area contributed by atoms with Crippen molar-refractivity contribution in [3.63, 3.8) is 0 Å². The Bertz CT molecular complexity index is 1550. The molecular weight excluding hydrogens is 574 g/mol. The predicted molar refractivity (Wildman–Crippen MR) is 164 cm³/mol. The molecular formula is C31H31N3O6S2. The number of carboxylic acid groups (broad SMARTS) is 1. The molecule has 4 rings (SSSR count). The van der Waals surface area contributed by atoms with Crippen LogP contribution in [0.25, 0.3) is 22.0 Å². The molecule has 1 aromatic heterocycles. The van der Waals surface area contributed by atoms with Gasteiger partial charge < -0.3 is 20.5 Å². The molecule has 218 valence electrons. The molecule has 3 aromatic carbocycles. The summed E-state index contributed by atoms with van der Waals surface area (Å²) in [5.41, 5.74) is 1.73. The Morgan fingerprint density at radius 3 is 2.40 bits per heavy atom. The molecule has 0 bridgehead atoms. The highest BCUT2D eigenvalue weighted by Crippen LogP contribution is 2.28. The van der Waals surface area contributed by atoms with Crippen LogP contribution in [0, 0.1) is 5.92 Å². The normalized spacial score (nSPS) is 12.5. The molecule has 0 fully saturated rings. The Hall–Kier alpha value is -4.22. The summed E-state index contributed by atoms with van der Waals surface area (Å²) in [7, 11) is 0. The van der Waals surface area contributed by atoms with Gasteiger partial charge in [-0.2, -0.15) is 0 Å². The Morgan fingerprint density at radius 1 is 0.952 bits per heavy atom. The number of ketones is 1. The van der Waals surface area contributed by atoms with Crippen LogP contribution in [0.2, 0.25) is 0 Å². The average Bonchev–Trinajstić information content (AvgIpc) is 3.46. The van der Waals surface area contributed by atoms with E-state index >= 15 is 0 Å². The van der Waals surface area contributed by atoms with Crippen molar-refractivity contribution in [2.24, 2.45) is 5.92 Å². The van der Waals surface area contributed by atoms with Gasteiger partial charge in [-0.25, -0.2) is 4.98 Å². The van der Waals surface area contributed by atoms with Crippen LogP contribution in [0.15, 0.2) is 82.5 Å². The number of aliphatic carboxylic acids is 1. The lowest BCUT2D eigenvalue weighted by Crippen LogP contribution is -2.55. The van der Waals surface area contributed by atoms with Crippen molar-refractivity contribution in [3.05, 3.63) is 78.2 Å². The van der Waals surface area contributed by atoms with E-state index in [9.17, 15) is 24.3 Å². The standard InChI is InChI=1S/C31H31N3O6S2/c1-19(2)29(34-27(36)16-40-26-14-8-12-20-9-6-7-13-22(20)26)30(39)32-23(15-28(37)38)25(35)18-42-31-33-24(17-41-31)21-10-4-3-5-11-21/h3-14,17,19,23,29H,15-16,18H2,1-2H3,(H,32,39)(H,34,36)(H,37,38)/t23-,29-/m0/s1. The largest absolute Gasteiger partial charge is 0.483 e. The number of thioether (sulfide) groups is 1. The van der Waals surface area contributed by atoms with E-state index in [1.807, 2.05) is 72.1 Å². The van der Waals surface area contributed by atoms with E-state index in [0.29, 0.717) is 10.1 Å². The maximum Gasteiger partial charge on any atom is 0.305 e. The average molecular weight is 606 g/mol. The smallest absolute Gasteiger partial charge is 0.305 e. The Labute approximate surface area is 251 Å². The van der Waals surface area contributed by atoms with Crippen LogP contribution in [0.4, 0.5) is 0 Å². The molecule has 3 N–H and O–H groups in total. The van der Waals surface area contributed by atoms with Crippen molar-refractivity contribution in [1.29, 1.82) is 0 Å². The zero-order valence-electron chi connectivity index (χ0n) is 23.1. The van der Waals surface area contributed by atoms with Crippen LogP contribution >= 0.6 is 23.1 Å². The van der Waals surface area contributed by atoms with Crippen molar-refractivity contribution in [2.45, 2.75) is 36.7 Å². The third-order valence-corrected chi connectivity index (χ3v) is 8.39. The van der Waals surface area contributed by atoms with Gasteiger partial charge in [0, 0.05) is 16.3 Å². The van der Waals surface area contributed by atoms with Crippen LogP contribution in [-0.4, -0.2) is 58.1 Å².